The van der Waals surface area contributed by atoms with Crippen molar-refractivity contribution in [2.45, 2.75) is 65.4 Å². The monoisotopic (exact) mass is 514 g/mol. The lowest BCUT2D eigenvalue weighted by atomic mass is 9.80. The van der Waals surface area contributed by atoms with Crippen LogP contribution in [-0.2, 0) is 0 Å². The van der Waals surface area contributed by atoms with Crippen LogP contribution in [0.5, 0.6) is 34.5 Å². The number of hydrogen-bond donors (Lipinski definition) is 1. The Morgan fingerprint density at radius 3 is 2.14 bits per heavy atom. The smallest absolute Gasteiger partial charge is 0.203 e. The van der Waals surface area contributed by atoms with Gasteiger partial charge in [-0.1, -0.05) is 52.9 Å². The van der Waals surface area contributed by atoms with E-state index in [2.05, 4.69) is 20.8 Å². The minimum atomic E-state index is -0.587. The molecule has 2 aromatic rings. The van der Waals surface area contributed by atoms with E-state index in [9.17, 15) is 9.90 Å². The van der Waals surface area contributed by atoms with E-state index in [4.69, 9.17) is 23.7 Å². The first-order valence-corrected chi connectivity index (χ1v) is 13.2. The number of phenols is 1. The number of fused-ring (bicyclic) bond motifs is 1. The van der Waals surface area contributed by atoms with Gasteiger partial charge in [-0.3, -0.25) is 4.79 Å². The van der Waals surface area contributed by atoms with Crippen molar-refractivity contribution in [1.82, 2.24) is 0 Å². The molecule has 1 heterocycles. The van der Waals surface area contributed by atoms with Crippen molar-refractivity contribution >= 4 is 5.78 Å². The van der Waals surface area contributed by atoms with Gasteiger partial charge in [-0.25, -0.2) is 0 Å². The molecule has 7 heteroatoms. The van der Waals surface area contributed by atoms with E-state index in [-0.39, 0.29) is 17.1 Å². The number of rotatable bonds is 13. The summed E-state index contributed by atoms with van der Waals surface area (Å²) in [6, 6.07) is 6.76. The van der Waals surface area contributed by atoms with Gasteiger partial charge in [0, 0.05) is 17.7 Å². The molecule has 204 valence electrons. The lowest BCUT2D eigenvalue weighted by Gasteiger charge is -2.34. The summed E-state index contributed by atoms with van der Waals surface area (Å²) >= 11 is 0. The Balaban J connectivity index is 1.98. The third kappa shape index (κ3) is 6.43. The van der Waals surface area contributed by atoms with Gasteiger partial charge in [-0.15, -0.1) is 0 Å². The van der Waals surface area contributed by atoms with E-state index in [1.165, 1.54) is 26.0 Å². The Kier molecular flexibility index (Phi) is 9.95. The molecule has 1 N–H and O–H groups in total. The van der Waals surface area contributed by atoms with Gasteiger partial charge >= 0.3 is 0 Å². The minimum absolute atomic E-state index is 0.129. The zero-order valence-electron chi connectivity index (χ0n) is 23.3. The molecule has 0 aromatic heterocycles. The molecule has 2 aromatic carbocycles. The summed E-state index contributed by atoms with van der Waals surface area (Å²) in [5, 5.41) is 10.7. The Bertz CT molecular complexity index is 1040. The van der Waals surface area contributed by atoms with Crippen LogP contribution in [-0.4, -0.2) is 39.3 Å². The first-order chi connectivity index (χ1) is 17.8. The van der Waals surface area contributed by atoms with Gasteiger partial charge in [0.2, 0.25) is 5.75 Å². The summed E-state index contributed by atoms with van der Waals surface area (Å²) in [5.74, 6) is 2.76. The third-order valence-electron chi connectivity index (χ3n) is 7.37. The lowest BCUT2D eigenvalue weighted by Crippen LogP contribution is -2.32. The van der Waals surface area contributed by atoms with Crippen molar-refractivity contribution in [3.63, 3.8) is 0 Å². The molecule has 3 unspecified atom stereocenters. The van der Waals surface area contributed by atoms with Crippen molar-refractivity contribution in [2.75, 3.05) is 28.4 Å². The molecule has 1 aliphatic heterocycles. The number of carbonyl (C=O) groups is 1. The fourth-order valence-electron chi connectivity index (χ4n) is 5.17. The maximum Gasteiger partial charge on any atom is 0.203 e. The first kappa shape index (κ1) is 28.5. The van der Waals surface area contributed by atoms with Gasteiger partial charge in [0.1, 0.15) is 28.9 Å². The Morgan fingerprint density at radius 1 is 0.919 bits per heavy atom. The Labute approximate surface area is 221 Å². The molecular formula is C30H42O7. The second-order valence-electron chi connectivity index (χ2n) is 10.2. The highest BCUT2D eigenvalue weighted by Gasteiger charge is 2.40. The lowest BCUT2D eigenvalue weighted by molar-refractivity contribution is 0.0620. The van der Waals surface area contributed by atoms with Crippen molar-refractivity contribution in [1.29, 1.82) is 0 Å². The fraction of sp³-hybridized carbons (Fsp3) is 0.567. The number of ketones is 1. The molecule has 37 heavy (non-hydrogen) atoms. The summed E-state index contributed by atoms with van der Waals surface area (Å²) in [4.78, 5) is 13.8. The molecule has 0 radical (unpaired) electrons. The number of aromatic hydroxyl groups is 1. The van der Waals surface area contributed by atoms with Crippen molar-refractivity contribution in [2.24, 2.45) is 17.8 Å². The van der Waals surface area contributed by atoms with Crippen LogP contribution in [0.15, 0.2) is 24.3 Å². The SMILES string of the molecule is CCC(CCCC1C(=O)c2c(O)cc(OC)cc2OC1c1cc(OC)c(OC)c(OC)c1)CCC(C)C. The van der Waals surface area contributed by atoms with Crippen molar-refractivity contribution in [3.8, 4) is 34.5 Å². The molecule has 0 fully saturated rings. The topological polar surface area (TPSA) is 83.5 Å². The highest BCUT2D eigenvalue weighted by atomic mass is 16.5. The van der Waals surface area contributed by atoms with Gasteiger partial charge in [0.25, 0.3) is 0 Å². The average molecular weight is 515 g/mol. The first-order valence-electron chi connectivity index (χ1n) is 13.2. The maximum atomic E-state index is 13.8. The van der Waals surface area contributed by atoms with Crippen LogP contribution in [0.2, 0.25) is 0 Å². The van der Waals surface area contributed by atoms with E-state index in [0.29, 0.717) is 47.0 Å². The second kappa shape index (κ2) is 12.9. The van der Waals surface area contributed by atoms with Crippen LogP contribution in [0.4, 0.5) is 0 Å². The largest absolute Gasteiger partial charge is 0.507 e. The number of ether oxygens (including phenoxy) is 5. The van der Waals surface area contributed by atoms with Gasteiger partial charge in [0.15, 0.2) is 17.3 Å². The summed E-state index contributed by atoms with van der Waals surface area (Å²) < 4.78 is 28.4. The van der Waals surface area contributed by atoms with Gasteiger partial charge in [0.05, 0.1) is 34.4 Å². The van der Waals surface area contributed by atoms with E-state index in [1.807, 2.05) is 12.1 Å². The average Bonchev–Trinajstić information content (AvgIpc) is 2.89. The number of methoxy groups -OCH3 is 4. The number of phenolic OH excluding ortho intramolecular Hbond substituents is 1. The molecule has 0 amide bonds. The summed E-state index contributed by atoms with van der Waals surface area (Å²) in [6.45, 7) is 6.75. The summed E-state index contributed by atoms with van der Waals surface area (Å²) in [7, 11) is 6.18. The number of hydrogen-bond acceptors (Lipinski definition) is 7. The molecule has 0 saturated carbocycles. The van der Waals surface area contributed by atoms with E-state index < -0.39 is 12.0 Å². The molecular weight excluding hydrogens is 472 g/mol. The van der Waals surface area contributed by atoms with Crippen LogP contribution in [0.1, 0.15) is 81.3 Å². The molecule has 0 bridgehead atoms. The van der Waals surface area contributed by atoms with Gasteiger partial charge in [-0.05, 0) is 30.4 Å². The molecule has 1 aliphatic rings. The summed E-state index contributed by atoms with van der Waals surface area (Å²) in [6.07, 6.45) is 5.53. The quantitative estimate of drug-likeness (QED) is 0.308. The zero-order chi connectivity index (χ0) is 27.1. The van der Waals surface area contributed by atoms with E-state index >= 15 is 0 Å². The summed E-state index contributed by atoms with van der Waals surface area (Å²) in [5.41, 5.74) is 0.953. The Morgan fingerprint density at radius 2 is 1.59 bits per heavy atom. The molecule has 3 atom stereocenters. The second-order valence-corrected chi connectivity index (χ2v) is 10.2. The molecule has 3 rings (SSSR count). The van der Waals surface area contributed by atoms with Crippen LogP contribution >= 0.6 is 0 Å². The predicted molar refractivity (Wildman–Crippen MR) is 144 cm³/mol. The Hall–Kier alpha value is -3.09. The van der Waals surface area contributed by atoms with Crippen molar-refractivity contribution < 1.29 is 33.6 Å². The fourth-order valence-corrected chi connectivity index (χ4v) is 5.17. The molecule has 7 nitrogen and oxygen atoms in total. The minimum Gasteiger partial charge on any atom is -0.507 e. The van der Waals surface area contributed by atoms with Gasteiger partial charge < -0.3 is 28.8 Å². The van der Waals surface area contributed by atoms with Crippen LogP contribution in [0.25, 0.3) is 0 Å². The maximum absolute atomic E-state index is 13.8. The highest BCUT2D eigenvalue weighted by Crippen LogP contribution is 2.48. The van der Waals surface area contributed by atoms with E-state index in [1.54, 1.807) is 27.4 Å². The predicted octanol–water partition coefficient (Wildman–Crippen LogP) is 6.99. The van der Waals surface area contributed by atoms with Crippen LogP contribution < -0.4 is 23.7 Å². The molecule has 0 spiro atoms. The molecule has 0 saturated heterocycles. The normalized spacial score (nSPS) is 17.7. The van der Waals surface area contributed by atoms with E-state index in [0.717, 1.165) is 24.8 Å². The van der Waals surface area contributed by atoms with Crippen molar-refractivity contribution in [3.05, 3.63) is 35.4 Å². The number of carbonyl (C=O) groups excluding carboxylic acids is 1. The van der Waals surface area contributed by atoms with Crippen LogP contribution in [0, 0.1) is 17.8 Å². The van der Waals surface area contributed by atoms with Crippen LogP contribution in [0.3, 0.4) is 0 Å². The third-order valence-corrected chi connectivity index (χ3v) is 7.37. The molecule has 0 aliphatic carbocycles. The number of benzene rings is 2. The number of Topliss-reactive ketones (excluding diaryl/α,β-unsaturated/α-hetero) is 1. The van der Waals surface area contributed by atoms with Gasteiger partial charge in [-0.2, -0.15) is 0 Å². The standard InChI is InChI=1S/C30H42O7/c1-8-19(13-12-18(2)3)10-9-11-22-28(32)27-23(31)16-21(33-4)17-24(27)37-29(22)20-14-25(34-5)30(36-7)26(15-20)35-6/h14-19,22,29,31H,8-13H2,1-7H3. The zero-order valence-corrected chi connectivity index (χ0v) is 23.3. The highest BCUT2D eigenvalue weighted by molar-refractivity contribution is 6.04.